The van der Waals surface area contributed by atoms with Crippen LogP contribution in [-0.2, 0) is 16.1 Å². The monoisotopic (exact) mass is 303 g/mol. The number of carbonyl (C=O) groups excluding carboxylic acids is 1. The van der Waals surface area contributed by atoms with Crippen LogP contribution in [0.2, 0.25) is 0 Å². The minimum atomic E-state index is -0.882. The summed E-state index contributed by atoms with van der Waals surface area (Å²) in [4.78, 5) is 37.9. The number of nitrogens with zero attached hydrogens (tertiary/aromatic N) is 1. The van der Waals surface area contributed by atoms with Gasteiger partial charge < -0.3 is 15.4 Å². The van der Waals surface area contributed by atoms with E-state index in [1.807, 2.05) is 0 Å². The molecule has 0 unspecified atom stereocenters. The maximum absolute atomic E-state index is 12.2. The Hall–Kier alpha value is -2.57. The molecule has 0 bridgehead atoms. The number of carboxylic acids is 1. The third kappa shape index (κ3) is 2.61. The van der Waals surface area contributed by atoms with Crippen LogP contribution >= 0.6 is 0 Å². The molecular weight excluding hydrogens is 286 g/mol. The summed E-state index contributed by atoms with van der Waals surface area (Å²) in [6.45, 7) is -0.119. The number of carbonyl (C=O) groups is 2. The molecule has 0 spiro atoms. The standard InChI is InChI=1S/C15H17N3O4/c19-13(16-10-6-3-4-9(10)14(20)21)8-18-12-7-2-1-5-11(12)17-15(18)22/h1-2,5,7,9-10H,3-4,6,8H2,(H,16,19)(H,17,22)(H,20,21)/t9-,10+/m1/s1. The van der Waals surface area contributed by atoms with E-state index in [-0.39, 0.29) is 24.2 Å². The Balaban J connectivity index is 1.75. The van der Waals surface area contributed by atoms with Crippen LogP contribution < -0.4 is 11.0 Å². The predicted molar refractivity (Wildman–Crippen MR) is 79.5 cm³/mol. The van der Waals surface area contributed by atoms with Gasteiger partial charge in [0.2, 0.25) is 5.91 Å². The second-order valence-corrected chi connectivity index (χ2v) is 5.58. The molecule has 7 nitrogen and oxygen atoms in total. The number of imidazole rings is 1. The van der Waals surface area contributed by atoms with Crippen molar-refractivity contribution in [1.29, 1.82) is 0 Å². The molecule has 1 amide bonds. The molecule has 2 atom stereocenters. The average molecular weight is 303 g/mol. The van der Waals surface area contributed by atoms with Crippen molar-refractivity contribution < 1.29 is 14.7 Å². The number of hydrogen-bond acceptors (Lipinski definition) is 3. The van der Waals surface area contributed by atoms with Crippen LogP contribution in [0.25, 0.3) is 11.0 Å². The van der Waals surface area contributed by atoms with Crippen LogP contribution in [0.15, 0.2) is 29.1 Å². The van der Waals surface area contributed by atoms with Crippen molar-refractivity contribution >= 4 is 22.9 Å². The van der Waals surface area contributed by atoms with E-state index in [0.29, 0.717) is 23.9 Å². The fourth-order valence-electron chi connectivity index (χ4n) is 3.09. The molecule has 7 heteroatoms. The first-order valence-electron chi connectivity index (χ1n) is 7.26. The first-order valence-corrected chi connectivity index (χ1v) is 7.26. The Labute approximate surface area is 125 Å². The molecule has 1 aromatic carbocycles. The zero-order chi connectivity index (χ0) is 15.7. The lowest BCUT2D eigenvalue weighted by molar-refractivity contribution is -0.142. The lowest BCUT2D eigenvalue weighted by Crippen LogP contribution is -2.42. The van der Waals surface area contributed by atoms with Gasteiger partial charge in [0.15, 0.2) is 0 Å². The molecule has 2 aromatic rings. The number of para-hydroxylation sites is 2. The first kappa shape index (κ1) is 14.4. The van der Waals surface area contributed by atoms with E-state index in [1.165, 1.54) is 4.57 Å². The van der Waals surface area contributed by atoms with Crippen molar-refractivity contribution in [2.45, 2.75) is 31.8 Å². The Morgan fingerprint density at radius 2 is 2.09 bits per heavy atom. The number of aliphatic carboxylic acids is 1. The van der Waals surface area contributed by atoms with Crippen molar-refractivity contribution in [3.63, 3.8) is 0 Å². The number of rotatable bonds is 4. The highest BCUT2D eigenvalue weighted by Crippen LogP contribution is 2.25. The van der Waals surface area contributed by atoms with Crippen molar-refractivity contribution in [2.75, 3.05) is 0 Å². The second-order valence-electron chi connectivity index (χ2n) is 5.58. The number of nitrogens with one attached hydrogen (secondary N) is 2. The van der Waals surface area contributed by atoms with Crippen LogP contribution in [0, 0.1) is 5.92 Å². The molecule has 0 radical (unpaired) electrons. The van der Waals surface area contributed by atoms with Gasteiger partial charge in [-0.15, -0.1) is 0 Å². The SMILES string of the molecule is O=C(Cn1c(=O)[nH]c2ccccc21)N[C@H]1CCC[C@H]1C(=O)O. The van der Waals surface area contributed by atoms with E-state index in [1.54, 1.807) is 24.3 Å². The van der Waals surface area contributed by atoms with Crippen molar-refractivity contribution in [3.05, 3.63) is 34.7 Å². The highest BCUT2D eigenvalue weighted by atomic mass is 16.4. The Bertz CT molecular complexity index is 776. The molecule has 3 N–H and O–H groups in total. The molecule has 22 heavy (non-hydrogen) atoms. The van der Waals surface area contributed by atoms with E-state index in [4.69, 9.17) is 5.11 Å². The Morgan fingerprint density at radius 3 is 2.86 bits per heavy atom. The molecule has 1 aromatic heterocycles. The van der Waals surface area contributed by atoms with E-state index >= 15 is 0 Å². The Morgan fingerprint density at radius 1 is 1.32 bits per heavy atom. The zero-order valence-electron chi connectivity index (χ0n) is 11.9. The van der Waals surface area contributed by atoms with E-state index < -0.39 is 11.9 Å². The number of H-pyrrole nitrogens is 1. The molecule has 1 aliphatic carbocycles. The van der Waals surface area contributed by atoms with E-state index in [2.05, 4.69) is 10.3 Å². The molecule has 0 aliphatic heterocycles. The molecule has 1 fully saturated rings. The van der Waals surface area contributed by atoms with E-state index in [9.17, 15) is 14.4 Å². The summed E-state index contributed by atoms with van der Waals surface area (Å²) in [7, 11) is 0. The fraction of sp³-hybridized carbons (Fsp3) is 0.400. The summed E-state index contributed by atoms with van der Waals surface area (Å²) in [6, 6.07) is 6.77. The average Bonchev–Trinajstić information content (AvgIpc) is 3.04. The van der Waals surface area contributed by atoms with Gasteiger partial charge in [-0.3, -0.25) is 14.2 Å². The summed E-state index contributed by atoms with van der Waals surface area (Å²) >= 11 is 0. The van der Waals surface area contributed by atoms with Crippen molar-refractivity contribution in [3.8, 4) is 0 Å². The van der Waals surface area contributed by atoms with Crippen LogP contribution in [0.3, 0.4) is 0 Å². The topological polar surface area (TPSA) is 104 Å². The van der Waals surface area contributed by atoms with Gasteiger partial charge >= 0.3 is 11.7 Å². The molecule has 1 heterocycles. The number of aromatic amines is 1. The maximum atomic E-state index is 12.2. The van der Waals surface area contributed by atoms with Gasteiger partial charge in [0.1, 0.15) is 6.54 Å². The van der Waals surface area contributed by atoms with Gasteiger partial charge in [-0.05, 0) is 25.0 Å². The summed E-state index contributed by atoms with van der Waals surface area (Å²) in [5.74, 6) is -1.76. The summed E-state index contributed by atoms with van der Waals surface area (Å²) in [5.41, 5.74) is 0.978. The maximum Gasteiger partial charge on any atom is 0.326 e. The number of amides is 1. The lowest BCUT2D eigenvalue weighted by atomic mass is 10.0. The predicted octanol–water partition coefficient (Wildman–Crippen LogP) is 0.699. The molecule has 3 rings (SSSR count). The highest BCUT2D eigenvalue weighted by molar-refractivity contribution is 5.81. The van der Waals surface area contributed by atoms with Gasteiger partial charge in [0.25, 0.3) is 0 Å². The van der Waals surface area contributed by atoms with E-state index in [0.717, 1.165) is 6.42 Å². The third-order valence-electron chi connectivity index (χ3n) is 4.16. The molecule has 1 saturated carbocycles. The van der Waals surface area contributed by atoms with Crippen LogP contribution in [0.4, 0.5) is 0 Å². The number of benzene rings is 1. The van der Waals surface area contributed by atoms with Gasteiger partial charge in [-0.25, -0.2) is 4.79 Å². The van der Waals surface area contributed by atoms with Crippen LogP contribution in [0.1, 0.15) is 19.3 Å². The van der Waals surface area contributed by atoms with Crippen LogP contribution in [0.5, 0.6) is 0 Å². The summed E-state index contributed by atoms with van der Waals surface area (Å²) in [6.07, 6.45) is 2.02. The summed E-state index contributed by atoms with van der Waals surface area (Å²) in [5, 5.41) is 11.9. The minimum absolute atomic E-state index is 0.119. The molecule has 0 saturated heterocycles. The molecular formula is C15H17N3O4. The van der Waals surface area contributed by atoms with Crippen molar-refractivity contribution in [2.24, 2.45) is 5.92 Å². The second kappa shape index (κ2) is 5.67. The third-order valence-corrected chi connectivity index (χ3v) is 4.16. The first-order chi connectivity index (χ1) is 10.6. The quantitative estimate of drug-likeness (QED) is 0.773. The molecule has 116 valence electrons. The number of aromatic nitrogens is 2. The Kier molecular flexibility index (Phi) is 3.70. The number of hydrogen-bond donors (Lipinski definition) is 3. The number of carboxylic acid groups (broad SMARTS) is 1. The van der Waals surface area contributed by atoms with Gasteiger partial charge in [-0.1, -0.05) is 18.6 Å². The minimum Gasteiger partial charge on any atom is -0.481 e. The smallest absolute Gasteiger partial charge is 0.326 e. The van der Waals surface area contributed by atoms with Crippen LogP contribution in [-0.4, -0.2) is 32.6 Å². The largest absolute Gasteiger partial charge is 0.481 e. The van der Waals surface area contributed by atoms with Crippen molar-refractivity contribution in [1.82, 2.24) is 14.9 Å². The summed E-state index contributed by atoms with van der Waals surface area (Å²) < 4.78 is 1.36. The normalized spacial score (nSPS) is 21.1. The molecule has 1 aliphatic rings. The number of fused-ring (bicyclic) bond motifs is 1. The van der Waals surface area contributed by atoms with Gasteiger partial charge in [0.05, 0.1) is 17.0 Å². The fourth-order valence-corrected chi connectivity index (χ4v) is 3.09. The zero-order valence-corrected chi connectivity index (χ0v) is 11.9. The highest BCUT2D eigenvalue weighted by Gasteiger charge is 2.33. The van der Waals surface area contributed by atoms with Gasteiger partial charge in [-0.2, -0.15) is 0 Å². The van der Waals surface area contributed by atoms with Gasteiger partial charge in [0, 0.05) is 6.04 Å². The lowest BCUT2D eigenvalue weighted by Gasteiger charge is -2.17.